The second-order valence-corrected chi connectivity index (χ2v) is 7.75. The molecular formula is C29H34N2OTi+. The van der Waals surface area contributed by atoms with E-state index in [1.807, 2.05) is 66.7 Å². The van der Waals surface area contributed by atoms with Gasteiger partial charge in [-0.05, 0) is 41.7 Å². The largest absolute Gasteiger partial charge is 4.00 e. The number of hydrogen-bond donors (Lipinski definition) is 0. The van der Waals surface area contributed by atoms with Crippen LogP contribution >= 0.6 is 0 Å². The molecule has 0 spiro atoms. The summed E-state index contributed by atoms with van der Waals surface area (Å²) in [5.74, 6) is 8.19. The van der Waals surface area contributed by atoms with Crippen molar-refractivity contribution in [1.29, 1.82) is 0 Å². The smallest absolute Gasteiger partial charge is 0.682 e. The van der Waals surface area contributed by atoms with Gasteiger partial charge in [0.1, 0.15) is 5.75 Å². The van der Waals surface area contributed by atoms with E-state index in [2.05, 4.69) is 51.8 Å². The Balaban J connectivity index is 0.000000263. The average Bonchev–Trinajstić information content (AvgIpc) is 3.40. The molecule has 1 fully saturated rings. The zero-order chi connectivity index (χ0) is 23.5. The van der Waals surface area contributed by atoms with Crippen LogP contribution in [0.15, 0.2) is 72.9 Å². The van der Waals surface area contributed by atoms with Gasteiger partial charge in [0.15, 0.2) is 0 Å². The summed E-state index contributed by atoms with van der Waals surface area (Å²) in [6.45, 7) is 15.3. The van der Waals surface area contributed by atoms with Crippen LogP contribution in [0, 0.1) is 36.5 Å². The van der Waals surface area contributed by atoms with Crippen molar-refractivity contribution in [2.24, 2.45) is 0 Å². The standard InChI is InChI=1S/C12H12N2O.C10H15.C7H7.Ti/c1-15-12-6-4-10(5-7-12)14-9-11-3-2-8-13-11;1-6-7(2)9(4)10(5)8(6)3;1-7-5-3-2-4-6-7;/h2-8H,9H2,1H3;1-5H3;2-6H,1H2;/q-2;;-1;+4. The van der Waals surface area contributed by atoms with Gasteiger partial charge in [0.05, 0.1) is 7.11 Å². The number of methoxy groups -OCH3 is 1. The second kappa shape index (κ2) is 14.9. The number of nitrogens with zero attached hydrogens (tertiary/aromatic N) is 2. The van der Waals surface area contributed by atoms with E-state index in [9.17, 15) is 0 Å². The molecule has 1 aliphatic rings. The van der Waals surface area contributed by atoms with Gasteiger partial charge in [-0.1, -0.05) is 65.0 Å². The topological polar surface area (TPSA) is 37.4 Å². The molecule has 1 aromatic heterocycles. The molecule has 33 heavy (non-hydrogen) atoms. The molecule has 0 aliphatic heterocycles. The van der Waals surface area contributed by atoms with Crippen LogP contribution in [-0.4, -0.2) is 7.11 Å². The zero-order valence-corrected chi connectivity index (χ0v) is 22.2. The van der Waals surface area contributed by atoms with Crippen molar-refractivity contribution in [1.82, 2.24) is 4.98 Å². The van der Waals surface area contributed by atoms with Gasteiger partial charge in [-0.15, -0.1) is 24.4 Å². The summed E-state index contributed by atoms with van der Waals surface area (Å²) in [6.07, 6.45) is 1.78. The minimum Gasteiger partial charge on any atom is -0.682 e. The van der Waals surface area contributed by atoms with Gasteiger partial charge in [0.2, 0.25) is 0 Å². The molecule has 0 N–H and O–H groups in total. The first kappa shape index (κ1) is 28.9. The minimum absolute atomic E-state index is 0. The molecule has 0 bridgehead atoms. The molecular weight excluding hydrogens is 440 g/mol. The van der Waals surface area contributed by atoms with Gasteiger partial charge in [-0.25, -0.2) is 0 Å². The Kier molecular flexibility index (Phi) is 13.1. The van der Waals surface area contributed by atoms with Crippen LogP contribution in [0.5, 0.6) is 5.75 Å². The number of rotatable bonds is 4. The fourth-order valence-electron chi connectivity index (χ4n) is 3.17. The summed E-state index contributed by atoms with van der Waals surface area (Å²) in [5, 5.41) is 4.41. The summed E-state index contributed by atoms with van der Waals surface area (Å²) in [7, 11) is 1.65. The van der Waals surface area contributed by atoms with Crippen molar-refractivity contribution in [2.45, 2.75) is 41.2 Å². The second-order valence-electron chi connectivity index (χ2n) is 7.75. The summed E-state index contributed by atoms with van der Waals surface area (Å²) < 4.78 is 5.07. The molecule has 5 radical (unpaired) electrons. The monoisotopic (exact) mass is 474 g/mol. The number of aromatic nitrogens is 1. The Morgan fingerprint density at radius 1 is 0.727 bits per heavy atom. The first-order valence-electron chi connectivity index (χ1n) is 10.8. The Bertz CT molecular complexity index is 820. The summed E-state index contributed by atoms with van der Waals surface area (Å²) in [4.78, 5) is 4.15. The Morgan fingerprint density at radius 3 is 1.61 bits per heavy atom. The van der Waals surface area contributed by atoms with E-state index in [0.717, 1.165) is 22.7 Å². The summed E-state index contributed by atoms with van der Waals surface area (Å²) >= 11 is 0. The van der Waals surface area contributed by atoms with Gasteiger partial charge < -0.3 is 15.0 Å². The average molecular weight is 474 g/mol. The molecule has 0 saturated heterocycles. The van der Waals surface area contributed by atoms with Crippen LogP contribution in [0.1, 0.15) is 45.9 Å². The van der Waals surface area contributed by atoms with Crippen molar-refractivity contribution >= 4 is 5.69 Å². The van der Waals surface area contributed by atoms with E-state index in [1.165, 1.54) is 29.6 Å². The molecule has 2 aromatic carbocycles. The van der Waals surface area contributed by atoms with E-state index in [4.69, 9.17) is 4.74 Å². The number of benzene rings is 2. The molecule has 0 amide bonds. The Morgan fingerprint density at radius 2 is 1.24 bits per heavy atom. The summed E-state index contributed by atoms with van der Waals surface area (Å²) in [6, 6.07) is 21.4. The SMILES string of the molecule is COc1ccc([N-]Cc2ccc[n-]2)cc1.C[C]1[C](C)[C](C)[C](C)[C]1C.[CH2-]c1ccccc1.[Ti+4]. The van der Waals surface area contributed by atoms with Crippen LogP contribution in [0.3, 0.4) is 0 Å². The van der Waals surface area contributed by atoms with Crippen molar-refractivity contribution in [3.8, 4) is 5.75 Å². The van der Waals surface area contributed by atoms with Crippen LogP contribution in [0.4, 0.5) is 5.69 Å². The zero-order valence-electron chi connectivity index (χ0n) is 20.6. The van der Waals surface area contributed by atoms with E-state index in [1.54, 1.807) is 13.3 Å². The normalized spacial score (nSPS) is 15.0. The maximum atomic E-state index is 5.07. The molecule has 3 aromatic rings. The molecule has 1 saturated carbocycles. The molecule has 1 aliphatic carbocycles. The van der Waals surface area contributed by atoms with E-state index in [-0.39, 0.29) is 21.7 Å². The fourth-order valence-corrected chi connectivity index (χ4v) is 3.17. The van der Waals surface area contributed by atoms with Gasteiger partial charge in [-0.3, -0.25) is 0 Å². The molecule has 4 rings (SSSR count). The van der Waals surface area contributed by atoms with Crippen LogP contribution in [-0.2, 0) is 28.3 Å². The first-order valence-corrected chi connectivity index (χ1v) is 10.8. The van der Waals surface area contributed by atoms with Crippen molar-refractivity contribution < 1.29 is 26.5 Å². The van der Waals surface area contributed by atoms with Gasteiger partial charge in [0.25, 0.3) is 0 Å². The first-order chi connectivity index (χ1) is 15.3. The number of hydrogen-bond acceptors (Lipinski definition) is 1. The molecule has 3 nitrogen and oxygen atoms in total. The third-order valence-corrected chi connectivity index (χ3v) is 5.77. The molecule has 0 unspecified atom stereocenters. The predicted octanol–water partition coefficient (Wildman–Crippen LogP) is 7.70. The fraction of sp³-hybridized carbons (Fsp3) is 0.241. The molecule has 1 heterocycles. The van der Waals surface area contributed by atoms with Gasteiger partial charge in [-0.2, -0.15) is 36.5 Å². The van der Waals surface area contributed by atoms with Gasteiger partial charge in [0, 0.05) is 0 Å². The number of ether oxygens (including phenoxy) is 1. The Labute approximate surface area is 216 Å². The van der Waals surface area contributed by atoms with Crippen molar-refractivity contribution in [2.75, 3.05) is 7.11 Å². The Hall–Kier alpha value is -2.10. The van der Waals surface area contributed by atoms with Crippen molar-refractivity contribution in [3.05, 3.63) is 126 Å². The predicted molar refractivity (Wildman–Crippen MR) is 135 cm³/mol. The molecule has 169 valence electrons. The third-order valence-electron chi connectivity index (χ3n) is 5.77. The van der Waals surface area contributed by atoms with Crippen LogP contribution < -0.4 is 9.72 Å². The van der Waals surface area contributed by atoms with E-state index >= 15 is 0 Å². The molecule has 0 atom stereocenters. The maximum absolute atomic E-state index is 5.07. The van der Waals surface area contributed by atoms with E-state index < -0.39 is 0 Å². The van der Waals surface area contributed by atoms with Crippen LogP contribution in [0.2, 0.25) is 0 Å². The van der Waals surface area contributed by atoms with Gasteiger partial charge >= 0.3 is 21.7 Å². The van der Waals surface area contributed by atoms with Crippen LogP contribution in [0.25, 0.3) is 5.32 Å². The minimum atomic E-state index is 0. The van der Waals surface area contributed by atoms with E-state index in [0.29, 0.717) is 6.54 Å². The molecule has 4 heteroatoms. The summed E-state index contributed by atoms with van der Waals surface area (Å²) in [5.41, 5.74) is 3.01. The van der Waals surface area contributed by atoms with Crippen molar-refractivity contribution in [3.63, 3.8) is 0 Å². The maximum Gasteiger partial charge on any atom is 4.00 e. The quantitative estimate of drug-likeness (QED) is 0.287. The third kappa shape index (κ3) is 9.35.